The van der Waals surface area contributed by atoms with Crippen LogP contribution in [0.25, 0.3) is 0 Å². The maximum absolute atomic E-state index is 12.4. The fourth-order valence-electron chi connectivity index (χ4n) is 3.37. The van der Waals surface area contributed by atoms with Crippen LogP contribution >= 0.6 is 11.6 Å². The predicted octanol–water partition coefficient (Wildman–Crippen LogP) is 4.46. The quantitative estimate of drug-likeness (QED) is 0.572. The summed E-state index contributed by atoms with van der Waals surface area (Å²) in [7, 11) is 1.30. The van der Waals surface area contributed by atoms with Gasteiger partial charge in [-0.3, -0.25) is 4.79 Å². The van der Waals surface area contributed by atoms with Crippen molar-refractivity contribution in [1.82, 2.24) is 0 Å². The second-order valence-electron chi connectivity index (χ2n) is 7.42. The second kappa shape index (κ2) is 9.94. The number of nitrogens with zero attached hydrogens (tertiary/aromatic N) is 1. The molecule has 0 fully saturated rings. The molecule has 2 atom stereocenters. The third kappa shape index (κ3) is 5.42. The number of aliphatic carboxylic acids is 1. The molecule has 0 saturated carbocycles. The van der Waals surface area contributed by atoms with Crippen LogP contribution in [-0.2, 0) is 30.5 Å². The maximum atomic E-state index is 12.4. The van der Waals surface area contributed by atoms with Gasteiger partial charge in [-0.05, 0) is 36.6 Å². The number of halogens is 1. The third-order valence-corrected chi connectivity index (χ3v) is 5.40. The van der Waals surface area contributed by atoms with E-state index in [1.165, 1.54) is 7.11 Å². The summed E-state index contributed by atoms with van der Waals surface area (Å²) in [6.07, 6.45) is -0.638. The normalized spacial score (nSPS) is 18.7. The van der Waals surface area contributed by atoms with Crippen molar-refractivity contribution in [1.29, 1.82) is 0 Å². The Kier molecular flexibility index (Phi) is 7.30. The minimum Gasteiger partial charge on any atom is -0.478 e. The molecule has 0 aliphatic carbocycles. The van der Waals surface area contributed by atoms with Crippen LogP contribution in [0.4, 0.5) is 0 Å². The zero-order valence-corrected chi connectivity index (χ0v) is 18.1. The molecule has 1 aliphatic rings. The third-order valence-electron chi connectivity index (χ3n) is 5.15. The summed E-state index contributed by atoms with van der Waals surface area (Å²) in [6, 6.07) is 14.5. The SMILES string of the molecule is COC(=O)CCC1=NOC(C(=O)O)(C(OCc2ccc(C)cc2)c2ccc(Cl)cc2)C1. The fraction of sp³-hybridized carbons (Fsp3) is 0.348. The highest BCUT2D eigenvalue weighted by atomic mass is 35.5. The van der Waals surface area contributed by atoms with E-state index in [0.29, 0.717) is 16.3 Å². The second-order valence-corrected chi connectivity index (χ2v) is 7.86. The van der Waals surface area contributed by atoms with Gasteiger partial charge >= 0.3 is 11.9 Å². The van der Waals surface area contributed by atoms with Crippen molar-refractivity contribution in [3.05, 3.63) is 70.2 Å². The number of rotatable bonds is 9. The largest absolute Gasteiger partial charge is 0.478 e. The highest BCUT2D eigenvalue weighted by Gasteiger charge is 2.54. The molecule has 0 saturated heterocycles. The molecule has 7 nitrogen and oxygen atoms in total. The summed E-state index contributed by atoms with van der Waals surface area (Å²) in [5.74, 6) is -1.60. The number of carboxylic acids is 1. The molecular formula is C23H24ClNO6. The standard InChI is InChI=1S/C23H24ClNO6/c1-15-3-5-16(6-4-15)14-30-21(17-7-9-18(24)10-8-17)23(22(27)28)13-19(25-31-23)11-12-20(26)29-2/h3-10,21H,11-14H2,1-2H3,(H,27,28). The lowest BCUT2D eigenvalue weighted by molar-refractivity contribution is -0.187. The Bertz CT molecular complexity index is 957. The van der Waals surface area contributed by atoms with E-state index in [4.69, 9.17) is 21.2 Å². The Hall–Kier alpha value is -2.90. The van der Waals surface area contributed by atoms with Crippen LogP contribution in [0.5, 0.6) is 0 Å². The fourth-order valence-corrected chi connectivity index (χ4v) is 3.49. The van der Waals surface area contributed by atoms with Crippen molar-refractivity contribution in [2.24, 2.45) is 5.16 Å². The van der Waals surface area contributed by atoms with Crippen molar-refractivity contribution in [2.45, 2.75) is 44.5 Å². The van der Waals surface area contributed by atoms with E-state index in [1.54, 1.807) is 24.3 Å². The molecule has 0 radical (unpaired) electrons. The van der Waals surface area contributed by atoms with Crippen LogP contribution in [0, 0.1) is 6.92 Å². The summed E-state index contributed by atoms with van der Waals surface area (Å²) < 4.78 is 10.8. The molecular weight excluding hydrogens is 422 g/mol. The first-order valence-electron chi connectivity index (χ1n) is 9.81. The molecule has 1 N–H and O–H groups in total. The van der Waals surface area contributed by atoms with Gasteiger partial charge < -0.3 is 19.4 Å². The highest BCUT2D eigenvalue weighted by Crippen LogP contribution is 2.41. The van der Waals surface area contributed by atoms with Gasteiger partial charge in [0.25, 0.3) is 5.60 Å². The molecule has 2 unspecified atom stereocenters. The van der Waals surface area contributed by atoms with Gasteiger partial charge in [0.15, 0.2) is 0 Å². The number of carbonyl (C=O) groups is 2. The van der Waals surface area contributed by atoms with Crippen LogP contribution in [0.15, 0.2) is 53.7 Å². The van der Waals surface area contributed by atoms with E-state index >= 15 is 0 Å². The number of ether oxygens (including phenoxy) is 2. The van der Waals surface area contributed by atoms with Crippen molar-refractivity contribution in [3.63, 3.8) is 0 Å². The van der Waals surface area contributed by atoms with E-state index in [9.17, 15) is 14.7 Å². The lowest BCUT2D eigenvalue weighted by Crippen LogP contribution is -2.46. The lowest BCUT2D eigenvalue weighted by atomic mass is 9.85. The molecule has 3 rings (SSSR count). The van der Waals surface area contributed by atoms with Crippen LogP contribution < -0.4 is 0 Å². The number of hydrogen-bond acceptors (Lipinski definition) is 6. The average Bonchev–Trinajstić information content (AvgIpc) is 3.20. The Morgan fingerprint density at radius 2 is 1.87 bits per heavy atom. The number of oxime groups is 1. The molecule has 2 aromatic carbocycles. The van der Waals surface area contributed by atoms with Crippen LogP contribution in [0.1, 0.15) is 42.1 Å². The predicted molar refractivity (Wildman–Crippen MR) is 115 cm³/mol. The molecule has 0 bridgehead atoms. The van der Waals surface area contributed by atoms with Gasteiger partial charge in [-0.2, -0.15) is 0 Å². The molecule has 31 heavy (non-hydrogen) atoms. The topological polar surface area (TPSA) is 94.4 Å². The molecule has 1 heterocycles. The number of aryl methyl sites for hydroxylation is 1. The molecule has 8 heteroatoms. The highest BCUT2D eigenvalue weighted by molar-refractivity contribution is 6.30. The van der Waals surface area contributed by atoms with Gasteiger partial charge in [-0.15, -0.1) is 0 Å². The van der Waals surface area contributed by atoms with E-state index < -0.39 is 23.6 Å². The van der Waals surface area contributed by atoms with E-state index in [2.05, 4.69) is 9.89 Å². The van der Waals surface area contributed by atoms with Crippen LogP contribution in [0.3, 0.4) is 0 Å². The van der Waals surface area contributed by atoms with Gasteiger partial charge in [-0.1, -0.05) is 58.7 Å². The summed E-state index contributed by atoms with van der Waals surface area (Å²) >= 11 is 6.01. The minimum absolute atomic E-state index is 0.0134. The summed E-state index contributed by atoms with van der Waals surface area (Å²) in [5.41, 5.74) is 1.32. The number of benzene rings is 2. The van der Waals surface area contributed by atoms with Gasteiger partial charge in [0.2, 0.25) is 0 Å². The smallest absolute Gasteiger partial charge is 0.354 e. The zero-order valence-electron chi connectivity index (χ0n) is 17.3. The minimum atomic E-state index is -1.76. The Balaban J connectivity index is 1.86. The first kappa shape index (κ1) is 22.8. The first-order chi connectivity index (χ1) is 14.8. The van der Waals surface area contributed by atoms with Gasteiger partial charge in [0.1, 0.15) is 6.10 Å². The Morgan fingerprint density at radius 3 is 2.48 bits per heavy atom. The van der Waals surface area contributed by atoms with Crippen LogP contribution in [0.2, 0.25) is 5.02 Å². The molecule has 2 aromatic rings. The van der Waals surface area contributed by atoms with Crippen molar-refractivity contribution in [2.75, 3.05) is 7.11 Å². The maximum Gasteiger partial charge on any atom is 0.354 e. The van der Waals surface area contributed by atoms with Gasteiger partial charge in [0, 0.05) is 11.4 Å². The summed E-state index contributed by atoms with van der Waals surface area (Å²) in [6.45, 7) is 2.17. The van der Waals surface area contributed by atoms with E-state index in [-0.39, 0.29) is 25.9 Å². The monoisotopic (exact) mass is 445 g/mol. The number of esters is 1. The summed E-state index contributed by atoms with van der Waals surface area (Å²) in [5, 5.41) is 14.6. The molecule has 1 aliphatic heterocycles. The van der Waals surface area contributed by atoms with Gasteiger partial charge in [0.05, 0.1) is 25.8 Å². The lowest BCUT2D eigenvalue weighted by Gasteiger charge is -2.31. The van der Waals surface area contributed by atoms with Crippen molar-refractivity contribution < 1.29 is 29.0 Å². The average molecular weight is 446 g/mol. The van der Waals surface area contributed by atoms with Crippen molar-refractivity contribution in [3.8, 4) is 0 Å². The van der Waals surface area contributed by atoms with Crippen molar-refractivity contribution >= 4 is 29.3 Å². The molecule has 0 amide bonds. The number of carboxylic acid groups (broad SMARTS) is 1. The molecule has 164 valence electrons. The first-order valence-corrected chi connectivity index (χ1v) is 10.2. The van der Waals surface area contributed by atoms with E-state index in [1.807, 2.05) is 31.2 Å². The van der Waals surface area contributed by atoms with Gasteiger partial charge in [-0.25, -0.2) is 4.79 Å². The Morgan fingerprint density at radius 1 is 1.19 bits per heavy atom. The summed E-state index contributed by atoms with van der Waals surface area (Å²) in [4.78, 5) is 29.4. The van der Waals surface area contributed by atoms with E-state index in [0.717, 1.165) is 11.1 Å². The number of carbonyl (C=O) groups excluding carboxylic acids is 1. The molecule has 0 aromatic heterocycles. The Labute approximate surface area is 185 Å². The molecule has 0 spiro atoms. The zero-order chi connectivity index (χ0) is 22.4. The van der Waals surface area contributed by atoms with Crippen LogP contribution in [-0.4, -0.2) is 35.5 Å². The number of methoxy groups -OCH3 is 1. The number of hydrogen-bond donors (Lipinski definition) is 1.